The van der Waals surface area contributed by atoms with Crippen LogP contribution >= 0.6 is 11.3 Å². The fourth-order valence-corrected chi connectivity index (χ4v) is 2.91. The number of fused-ring (bicyclic) bond motifs is 1. The van der Waals surface area contributed by atoms with E-state index in [-0.39, 0.29) is 6.10 Å². The first-order chi connectivity index (χ1) is 8.72. The molecule has 1 atom stereocenters. The molecule has 2 rings (SSSR count). The van der Waals surface area contributed by atoms with Gasteiger partial charge in [0.25, 0.3) is 0 Å². The van der Waals surface area contributed by atoms with Gasteiger partial charge in [0.1, 0.15) is 6.61 Å². The van der Waals surface area contributed by atoms with E-state index in [4.69, 9.17) is 19.9 Å². The molecule has 2 heterocycles. The Morgan fingerprint density at radius 1 is 1.28 bits per heavy atom. The molecule has 1 unspecified atom stereocenters. The summed E-state index contributed by atoms with van der Waals surface area (Å²) in [6, 6.07) is 0. The third-order valence-corrected chi connectivity index (χ3v) is 3.88. The molecule has 1 aromatic rings. The molecular weight excluding hydrogens is 250 g/mol. The molecule has 1 aliphatic rings. The molecule has 0 radical (unpaired) electrons. The smallest absolute Gasteiger partial charge is 0.175 e. The molecule has 0 aliphatic carbocycles. The standard InChI is InChI=1S/C13H21NO3S/c1-9-12-13(10(2)18-9)17-11(8-16-12)7-15-6-4-3-5-14/h11H,3-8,14H2,1-2H3. The van der Waals surface area contributed by atoms with Crippen molar-refractivity contribution < 1.29 is 14.2 Å². The Bertz CT molecular complexity index is 392. The summed E-state index contributed by atoms with van der Waals surface area (Å²) in [5.74, 6) is 1.82. The Morgan fingerprint density at radius 3 is 2.83 bits per heavy atom. The fraction of sp³-hybridized carbons (Fsp3) is 0.692. The molecule has 1 aliphatic heterocycles. The first kappa shape index (κ1) is 13.6. The van der Waals surface area contributed by atoms with Crippen LogP contribution < -0.4 is 15.2 Å². The van der Waals surface area contributed by atoms with Gasteiger partial charge in [-0.25, -0.2) is 0 Å². The van der Waals surface area contributed by atoms with E-state index in [1.165, 1.54) is 9.75 Å². The second kappa shape index (κ2) is 6.41. The van der Waals surface area contributed by atoms with Gasteiger partial charge in [-0.15, -0.1) is 11.3 Å². The van der Waals surface area contributed by atoms with Crippen LogP contribution in [0, 0.1) is 13.8 Å². The van der Waals surface area contributed by atoms with E-state index in [9.17, 15) is 0 Å². The molecule has 0 aromatic carbocycles. The van der Waals surface area contributed by atoms with E-state index in [2.05, 4.69) is 13.8 Å². The van der Waals surface area contributed by atoms with Crippen LogP contribution in [0.5, 0.6) is 11.5 Å². The Kier molecular flexibility index (Phi) is 4.86. The van der Waals surface area contributed by atoms with E-state index in [0.717, 1.165) is 37.5 Å². The average Bonchev–Trinajstić information content (AvgIpc) is 2.65. The van der Waals surface area contributed by atoms with Crippen LogP contribution in [0.3, 0.4) is 0 Å². The topological polar surface area (TPSA) is 53.7 Å². The lowest BCUT2D eigenvalue weighted by Gasteiger charge is -2.25. The minimum absolute atomic E-state index is 0.00285. The average molecular weight is 271 g/mol. The van der Waals surface area contributed by atoms with E-state index >= 15 is 0 Å². The lowest BCUT2D eigenvalue weighted by atomic mass is 10.3. The summed E-state index contributed by atoms with van der Waals surface area (Å²) in [6.07, 6.45) is 2.02. The molecule has 0 fully saturated rings. The molecule has 102 valence electrons. The van der Waals surface area contributed by atoms with Crippen molar-refractivity contribution in [3.05, 3.63) is 9.75 Å². The molecule has 0 saturated carbocycles. The van der Waals surface area contributed by atoms with Crippen LogP contribution in [0.15, 0.2) is 0 Å². The fourth-order valence-electron chi connectivity index (χ4n) is 1.97. The van der Waals surface area contributed by atoms with Crippen molar-refractivity contribution in [3.8, 4) is 11.5 Å². The van der Waals surface area contributed by atoms with Gasteiger partial charge in [0, 0.05) is 16.4 Å². The van der Waals surface area contributed by atoms with Crippen molar-refractivity contribution in [3.63, 3.8) is 0 Å². The molecule has 0 bridgehead atoms. The first-order valence-electron chi connectivity index (χ1n) is 6.39. The largest absolute Gasteiger partial charge is 0.485 e. The number of nitrogens with two attached hydrogens (primary N) is 1. The normalized spacial score (nSPS) is 18.1. The van der Waals surface area contributed by atoms with Crippen LogP contribution in [0.25, 0.3) is 0 Å². The van der Waals surface area contributed by atoms with Gasteiger partial charge in [-0.05, 0) is 33.2 Å². The maximum Gasteiger partial charge on any atom is 0.175 e. The third kappa shape index (κ3) is 3.16. The second-order valence-electron chi connectivity index (χ2n) is 4.49. The highest BCUT2D eigenvalue weighted by atomic mass is 32.1. The van der Waals surface area contributed by atoms with Crippen molar-refractivity contribution in [2.45, 2.75) is 32.8 Å². The summed E-state index contributed by atoms with van der Waals surface area (Å²) >= 11 is 1.72. The van der Waals surface area contributed by atoms with Gasteiger partial charge in [-0.2, -0.15) is 0 Å². The Morgan fingerprint density at radius 2 is 2.06 bits per heavy atom. The van der Waals surface area contributed by atoms with Crippen LogP contribution in [0.2, 0.25) is 0 Å². The van der Waals surface area contributed by atoms with Gasteiger partial charge in [0.15, 0.2) is 17.6 Å². The van der Waals surface area contributed by atoms with Gasteiger partial charge in [0.2, 0.25) is 0 Å². The summed E-state index contributed by atoms with van der Waals surface area (Å²) < 4.78 is 17.3. The van der Waals surface area contributed by atoms with E-state index < -0.39 is 0 Å². The maximum atomic E-state index is 5.93. The van der Waals surface area contributed by atoms with E-state index in [1.54, 1.807) is 11.3 Å². The predicted octanol–water partition coefficient (Wildman–Crippen LogP) is 2.26. The molecule has 0 saturated heterocycles. The number of hydrogen-bond acceptors (Lipinski definition) is 5. The Hall–Kier alpha value is -0.780. The summed E-state index contributed by atoms with van der Waals surface area (Å²) in [5.41, 5.74) is 5.43. The number of unbranched alkanes of at least 4 members (excludes halogenated alkanes) is 1. The van der Waals surface area contributed by atoms with Gasteiger partial charge in [0.05, 0.1) is 6.61 Å². The summed E-state index contributed by atoms with van der Waals surface area (Å²) in [7, 11) is 0. The maximum absolute atomic E-state index is 5.93. The molecule has 1 aromatic heterocycles. The molecular formula is C13H21NO3S. The minimum Gasteiger partial charge on any atom is -0.485 e. The van der Waals surface area contributed by atoms with Crippen molar-refractivity contribution in [2.24, 2.45) is 5.73 Å². The summed E-state index contributed by atoms with van der Waals surface area (Å²) in [5, 5.41) is 0. The van der Waals surface area contributed by atoms with Gasteiger partial charge >= 0.3 is 0 Å². The minimum atomic E-state index is 0.00285. The first-order valence-corrected chi connectivity index (χ1v) is 7.21. The van der Waals surface area contributed by atoms with Gasteiger partial charge in [-0.3, -0.25) is 0 Å². The van der Waals surface area contributed by atoms with E-state index in [1.807, 2.05) is 0 Å². The zero-order valence-electron chi connectivity index (χ0n) is 11.0. The molecule has 0 spiro atoms. The zero-order valence-corrected chi connectivity index (χ0v) is 11.8. The van der Waals surface area contributed by atoms with Crippen molar-refractivity contribution >= 4 is 11.3 Å². The van der Waals surface area contributed by atoms with Crippen molar-refractivity contribution in [2.75, 3.05) is 26.4 Å². The predicted molar refractivity (Wildman–Crippen MR) is 72.8 cm³/mol. The second-order valence-corrected chi connectivity index (χ2v) is 5.92. The Labute approximate surface area is 112 Å². The summed E-state index contributed by atoms with van der Waals surface area (Å²) in [6.45, 7) is 6.74. The molecule has 2 N–H and O–H groups in total. The summed E-state index contributed by atoms with van der Waals surface area (Å²) in [4.78, 5) is 2.36. The number of rotatable bonds is 6. The highest BCUT2D eigenvalue weighted by Gasteiger charge is 2.26. The van der Waals surface area contributed by atoms with Crippen LogP contribution in [-0.4, -0.2) is 32.5 Å². The van der Waals surface area contributed by atoms with Gasteiger partial charge in [-0.1, -0.05) is 0 Å². The number of thiophene rings is 1. The molecule has 18 heavy (non-hydrogen) atoms. The van der Waals surface area contributed by atoms with Gasteiger partial charge < -0.3 is 19.9 Å². The molecule has 0 amide bonds. The monoisotopic (exact) mass is 271 g/mol. The number of hydrogen-bond donors (Lipinski definition) is 1. The Balaban J connectivity index is 1.79. The quantitative estimate of drug-likeness (QED) is 0.806. The highest BCUT2D eigenvalue weighted by Crippen LogP contribution is 2.43. The van der Waals surface area contributed by atoms with Crippen molar-refractivity contribution in [1.29, 1.82) is 0 Å². The van der Waals surface area contributed by atoms with Crippen molar-refractivity contribution in [1.82, 2.24) is 0 Å². The van der Waals surface area contributed by atoms with Crippen LogP contribution in [0.1, 0.15) is 22.6 Å². The molecule has 5 heteroatoms. The van der Waals surface area contributed by atoms with E-state index in [0.29, 0.717) is 13.2 Å². The van der Waals surface area contributed by atoms with Crippen LogP contribution in [-0.2, 0) is 4.74 Å². The lowest BCUT2D eigenvalue weighted by Crippen LogP contribution is -2.33. The number of ether oxygens (including phenoxy) is 3. The lowest BCUT2D eigenvalue weighted by molar-refractivity contribution is 0.00803. The number of aryl methyl sites for hydroxylation is 2. The van der Waals surface area contributed by atoms with Crippen LogP contribution in [0.4, 0.5) is 0 Å². The SMILES string of the molecule is Cc1sc(C)c2c1OCC(COCCCCN)O2. The third-order valence-electron chi connectivity index (χ3n) is 2.90. The highest BCUT2D eigenvalue weighted by molar-refractivity contribution is 7.12. The zero-order chi connectivity index (χ0) is 13.0. The molecule has 4 nitrogen and oxygen atoms in total.